The van der Waals surface area contributed by atoms with E-state index in [2.05, 4.69) is 10.6 Å². The predicted molar refractivity (Wildman–Crippen MR) is 60.4 cm³/mol. The molecule has 2 rings (SSSR count). The third-order valence-electron chi connectivity index (χ3n) is 3.19. The van der Waals surface area contributed by atoms with E-state index < -0.39 is 9.84 Å². The van der Waals surface area contributed by atoms with Crippen molar-refractivity contribution in [2.45, 2.75) is 13.0 Å². The first-order valence-corrected chi connectivity index (χ1v) is 7.11. The summed E-state index contributed by atoms with van der Waals surface area (Å²) in [6.45, 7) is 3.62. The van der Waals surface area contributed by atoms with Crippen LogP contribution in [0.1, 0.15) is 6.92 Å². The van der Waals surface area contributed by atoms with Crippen molar-refractivity contribution in [2.24, 2.45) is 11.8 Å². The fourth-order valence-electron chi connectivity index (χ4n) is 1.86. The number of nitrogens with one attached hydrogen (secondary N) is 2. The van der Waals surface area contributed by atoms with Crippen molar-refractivity contribution in [1.29, 1.82) is 0 Å². The monoisotopic (exact) mass is 244 g/mol. The van der Waals surface area contributed by atoms with Crippen LogP contribution in [0.3, 0.4) is 0 Å². The number of amides is 1. The molecule has 0 bridgehead atoms. The van der Waals surface area contributed by atoms with Crippen LogP contribution in [-0.2, 0) is 14.6 Å². The van der Waals surface area contributed by atoms with Gasteiger partial charge in [0, 0.05) is 11.3 Å². The molecule has 0 aliphatic carbocycles. The van der Waals surface area contributed by atoms with Gasteiger partial charge in [0.15, 0.2) is 9.84 Å². The van der Waals surface area contributed by atoms with E-state index >= 15 is 0 Å². The highest BCUT2D eigenvalue weighted by Crippen LogP contribution is 2.17. The lowest BCUT2D eigenvalue weighted by Crippen LogP contribution is -2.51. The van der Waals surface area contributed by atoms with Gasteiger partial charge in [-0.1, -0.05) is 6.92 Å². The van der Waals surface area contributed by atoms with Gasteiger partial charge >= 0.3 is 0 Å². The third-order valence-corrected chi connectivity index (χ3v) is 4.59. The van der Waals surface area contributed by atoms with Gasteiger partial charge in [-0.3, -0.25) is 4.79 Å². The smallest absolute Gasteiger partial charge is 0.223 e. The highest BCUT2D eigenvalue weighted by Gasteiger charge is 2.31. The van der Waals surface area contributed by atoms with Crippen LogP contribution in [0, 0.1) is 11.8 Å². The van der Waals surface area contributed by atoms with Gasteiger partial charge in [-0.05, 0) is 25.1 Å². The molecule has 0 aromatic carbocycles. The zero-order valence-corrected chi connectivity index (χ0v) is 9.96. The molecule has 2 unspecified atom stereocenters. The van der Waals surface area contributed by atoms with Crippen LogP contribution >= 0.6 is 0 Å². The molecule has 5 nitrogen and oxygen atoms in total. The highest BCUT2D eigenvalue weighted by atomic mass is 32.2. The van der Waals surface area contributed by atoms with E-state index in [4.69, 9.17) is 0 Å². The lowest BCUT2D eigenvalue weighted by atomic mass is 9.88. The maximum absolute atomic E-state index is 11.8. The Bertz CT molecular complexity index is 412. The van der Waals surface area contributed by atoms with Crippen molar-refractivity contribution in [3.63, 3.8) is 0 Å². The van der Waals surface area contributed by atoms with Crippen molar-refractivity contribution >= 4 is 15.7 Å². The molecule has 16 heavy (non-hydrogen) atoms. The van der Waals surface area contributed by atoms with Crippen LogP contribution in [0.2, 0.25) is 0 Å². The Morgan fingerprint density at radius 1 is 1.50 bits per heavy atom. The van der Waals surface area contributed by atoms with E-state index in [9.17, 15) is 13.2 Å². The average molecular weight is 244 g/mol. The Morgan fingerprint density at radius 2 is 2.19 bits per heavy atom. The summed E-state index contributed by atoms with van der Waals surface area (Å²) < 4.78 is 22.3. The maximum atomic E-state index is 11.8. The van der Waals surface area contributed by atoms with E-state index in [1.807, 2.05) is 6.92 Å². The molecule has 2 heterocycles. The number of hydrogen-bond acceptors (Lipinski definition) is 4. The second-order valence-corrected chi connectivity index (χ2v) is 6.41. The second-order valence-electron chi connectivity index (χ2n) is 4.48. The third kappa shape index (κ3) is 2.44. The molecule has 2 atom stereocenters. The van der Waals surface area contributed by atoms with Gasteiger partial charge in [0.25, 0.3) is 0 Å². The summed E-state index contributed by atoms with van der Waals surface area (Å²) in [5.74, 6) is 0.257. The average Bonchev–Trinajstić information content (AvgIpc) is 2.42. The van der Waals surface area contributed by atoms with Crippen molar-refractivity contribution < 1.29 is 13.2 Å². The number of hydrogen-bond donors (Lipinski definition) is 2. The Morgan fingerprint density at radius 3 is 2.62 bits per heavy atom. The van der Waals surface area contributed by atoms with Crippen LogP contribution in [0.15, 0.2) is 11.5 Å². The first-order chi connectivity index (χ1) is 7.48. The van der Waals surface area contributed by atoms with Gasteiger partial charge in [0.2, 0.25) is 5.91 Å². The molecule has 1 fully saturated rings. The van der Waals surface area contributed by atoms with E-state index in [1.54, 1.807) is 6.08 Å². The normalized spacial score (nSPS) is 29.7. The van der Waals surface area contributed by atoms with Gasteiger partial charge in [0.05, 0.1) is 11.8 Å². The summed E-state index contributed by atoms with van der Waals surface area (Å²) in [5.41, 5.74) is 0. The molecule has 0 radical (unpaired) electrons. The standard InChI is InChI=1S/C10H16N2O3S/c1-7(8-4-11-5-8)10(13)12-9-2-3-16(14,15)6-9/h2-3,7-9,11H,4-6H2,1H3,(H,12,13). The molecule has 1 saturated heterocycles. The molecule has 6 heteroatoms. The Kier molecular flexibility index (Phi) is 3.03. The van der Waals surface area contributed by atoms with Gasteiger partial charge in [-0.15, -0.1) is 0 Å². The minimum absolute atomic E-state index is 0.00558. The van der Waals surface area contributed by atoms with Crippen molar-refractivity contribution in [3.05, 3.63) is 11.5 Å². The molecule has 0 saturated carbocycles. The molecule has 0 spiro atoms. The molecule has 2 N–H and O–H groups in total. The Labute approximate surface area is 95.2 Å². The molecule has 0 aromatic rings. The lowest BCUT2D eigenvalue weighted by Gasteiger charge is -2.32. The van der Waals surface area contributed by atoms with Gasteiger partial charge in [-0.2, -0.15) is 0 Å². The van der Waals surface area contributed by atoms with Crippen molar-refractivity contribution in [3.8, 4) is 0 Å². The second kappa shape index (κ2) is 4.18. The van der Waals surface area contributed by atoms with Gasteiger partial charge in [0.1, 0.15) is 0 Å². The summed E-state index contributed by atoms with van der Waals surface area (Å²) in [6, 6.07) is -0.354. The quantitative estimate of drug-likeness (QED) is 0.686. The number of carbonyl (C=O) groups excluding carboxylic acids is 1. The maximum Gasteiger partial charge on any atom is 0.223 e. The van der Waals surface area contributed by atoms with Crippen LogP contribution in [0.4, 0.5) is 0 Å². The molecule has 0 aromatic heterocycles. The van der Waals surface area contributed by atoms with Crippen LogP contribution in [-0.4, -0.2) is 39.2 Å². The molecule has 90 valence electrons. The predicted octanol–water partition coefficient (Wildman–Crippen LogP) is -0.731. The van der Waals surface area contributed by atoms with Gasteiger partial charge < -0.3 is 10.6 Å². The largest absolute Gasteiger partial charge is 0.349 e. The van der Waals surface area contributed by atoms with E-state index in [0.29, 0.717) is 5.92 Å². The minimum atomic E-state index is -3.09. The van der Waals surface area contributed by atoms with Crippen LogP contribution < -0.4 is 10.6 Å². The molecule has 2 aliphatic heterocycles. The van der Waals surface area contributed by atoms with E-state index in [1.165, 1.54) is 5.41 Å². The number of carbonyl (C=O) groups is 1. The lowest BCUT2D eigenvalue weighted by molar-refractivity contribution is -0.127. The Balaban J connectivity index is 1.86. The molecular weight excluding hydrogens is 228 g/mol. The fraction of sp³-hybridized carbons (Fsp3) is 0.700. The summed E-state index contributed by atoms with van der Waals surface area (Å²) in [6.07, 6.45) is 1.54. The molecule has 2 aliphatic rings. The summed E-state index contributed by atoms with van der Waals surface area (Å²) in [5, 5.41) is 7.04. The highest BCUT2D eigenvalue weighted by molar-refractivity contribution is 7.94. The minimum Gasteiger partial charge on any atom is -0.349 e. The Hall–Kier alpha value is -0.880. The zero-order valence-electron chi connectivity index (χ0n) is 9.14. The van der Waals surface area contributed by atoms with E-state index in [0.717, 1.165) is 13.1 Å². The first kappa shape index (κ1) is 11.6. The summed E-state index contributed by atoms with van der Waals surface area (Å²) in [7, 11) is -3.09. The summed E-state index contributed by atoms with van der Waals surface area (Å²) in [4.78, 5) is 11.8. The zero-order chi connectivity index (χ0) is 11.8. The summed E-state index contributed by atoms with van der Waals surface area (Å²) >= 11 is 0. The molecule has 1 amide bonds. The number of sulfone groups is 1. The SMILES string of the molecule is CC(C(=O)NC1C=CS(=O)(=O)C1)C1CNC1. The van der Waals surface area contributed by atoms with Crippen LogP contribution in [0.5, 0.6) is 0 Å². The van der Waals surface area contributed by atoms with Crippen LogP contribution in [0.25, 0.3) is 0 Å². The van der Waals surface area contributed by atoms with Crippen molar-refractivity contribution in [2.75, 3.05) is 18.8 Å². The van der Waals surface area contributed by atoms with Gasteiger partial charge in [-0.25, -0.2) is 8.42 Å². The molecular formula is C10H16N2O3S. The van der Waals surface area contributed by atoms with E-state index in [-0.39, 0.29) is 23.6 Å². The van der Waals surface area contributed by atoms with Crippen molar-refractivity contribution in [1.82, 2.24) is 10.6 Å². The number of rotatable bonds is 3. The first-order valence-electron chi connectivity index (χ1n) is 5.40. The fourth-order valence-corrected chi connectivity index (χ4v) is 3.09. The topological polar surface area (TPSA) is 75.3 Å².